The molecule has 1 aliphatic rings. The van der Waals surface area contributed by atoms with Crippen LogP contribution in [0.3, 0.4) is 0 Å². The molecule has 2 atom stereocenters. The van der Waals surface area contributed by atoms with E-state index in [0.717, 1.165) is 12.8 Å². The highest BCUT2D eigenvalue weighted by Crippen LogP contribution is 2.30. The molecule has 2 unspecified atom stereocenters. The molecule has 1 aromatic rings. The second-order valence-electron chi connectivity index (χ2n) is 5.33. The van der Waals surface area contributed by atoms with Gasteiger partial charge in [-0.2, -0.15) is 0 Å². The number of nitro groups is 1. The van der Waals surface area contributed by atoms with Gasteiger partial charge in [0.05, 0.1) is 10.5 Å². The first kappa shape index (κ1) is 14.3. The van der Waals surface area contributed by atoms with Crippen molar-refractivity contribution in [3.63, 3.8) is 0 Å². The number of carbonyl (C=O) groups excluding carboxylic acids is 1. The molecule has 1 aromatic carbocycles. The highest BCUT2D eigenvalue weighted by molar-refractivity contribution is 6.00. The molecule has 1 aliphatic carbocycles. The van der Waals surface area contributed by atoms with Crippen LogP contribution in [0.15, 0.2) is 18.2 Å². The van der Waals surface area contributed by atoms with Gasteiger partial charge in [0.25, 0.3) is 11.6 Å². The lowest BCUT2D eigenvalue weighted by atomic mass is 10.1. The van der Waals surface area contributed by atoms with E-state index in [2.05, 4.69) is 17.6 Å². The zero-order chi connectivity index (χ0) is 14.7. The Labute approximate surface area is 117 Å². The summed E-state index contributed by atoms with van der Waals surface area (Å²) in [4.78, 5) is 22.2. The van der Waals surface area contributed by atoms with Gasteiger partial charge < -0.3 is 10.6 Å². The molecule has 0 saturated heterocycles. The van der Waals surface area contributed by atoms with E-state index in [1.165, 1.54) is 25.6 Å². The molecule has 20 heavy (non-hydrogen) atoms. The van der Waals surface area contributed by atoms with Crippen LogP contribution in [0.4, 0.5) is 11.4 Å². The summed E-state index contributed by atoms with van der Waals surface area (Å²) < 4.78 is 0. The first-order valence-corrected chi connectivity index (χ1v) is 6.78. The number of carbonyl (C=O) groups is 1. The first-order chi connectivity index (χ1) is 9.51. The Bertz CT molecular complexity index is 530. The Morgan fingerprint density at radius 3 is 2.70 bits per heavy atom. The average Bonchev–Trinajstić information content (AvgIpc) is 2.83. The van der Waals surface area contributed by atoms with Crippen LogP contribution in [0.25, 0.3) is 0 Å². The summed E-state index contributed by atoms with van der Waals surface area (Å²) in [6, 6.07) is 4.69. The molecule has 1 fully saturated rings. The minimum Gasteiger partial charge on any atom is -0.382 e. The lowest BCUT2D eigenvalue weighted by molar-refractivity contribution is -0.384. The summed E-state index contributed by atoms with van der Waals surface area (Å²) in [5.41, 5.74) is 0.907. The van der Waals surface area contributed by atoms with Crippen LogP contribution in [0.2, 0.25) is 0 Å². The number of nitrogens with zero attached hydrogens (tertiary/aromatic N) is 1. The number of benzene rings is 1. The maximum atomic E-state index is 11.9. The summed E-state index contributed by atoms with van der Waals surface area (Å²) in [5, 5.41) is 16.7. The van der Waals surface area contributed by atoms with E-state index in [9.17, 15) is 14.9 Å². The molecule has 2 N–H and O–H groups in total. The maximum absolute atomic E-state index is 11.9. The van der Waals surface area contributed by atoms with Crippen LogP contribution in [0.5, 0.6) is 0 Å². The highest BCUT2D eigenvalue weighted by atomic mass is 16.6. The number of non-ortho nitro benzene ring substituents is 1. The van der Waals surface area contributed by atoms with Crippen molar-refractivity contribution in [2.75, 3.05) is 12.4 Å². The van der Waals surface area contributed by atoms with Crippen LogP contribution in [-0.4, -0.2) is 23.9 Å². The lowest BCUT2D eigenvalue weighted by Gasteiger charge is -2.16. The monoisotopic (exact) mass is 277 g/mol. The molecule has 0 aliphatic heterocycles. The van der Waals surface area contributed by atoms with E-state index >= 15 is 0 Å². The Morgan fingerprint density at radius 2 is 2.15 bits per heavy atom. The van der Waals surface area contributed by atoms with Crippen molar-refractivity contribution in [2.24, 2.45) is 5.92 Å². The van der Waals surface area contributed by atoms with Crippen molar-refractivity contribution in [2.45, 2.75) is 32.2 Å². The van der Waals surface area contributed by atoms with Gasteiger partial charge in [0.2, 0.25) is 0 Å². The van der Waals surface area contributed by atoms with E-state index < -0.39 is 4.92 Å². The van der Waals surface area contributed by atoms with Crippen LogP contribution >= 0.6 is 0 Å². The zero-order valence-electron chi connectivity index (χ0n) is 11.7. The molecule has 1 amide bonds. The predicted molar refractivity (Wildman–Crippen MR) is 76.9 cm³/mol. The third-order valence-electron chi connectivity index (χ3n) is 3.74. The smallest absolute Gasteiger partial charge is 0.270 e. The molecule has 0 radical (unpaired) electrons. The zero-order valence-corrected chi connectivity index (χ0v) is 11.7. The second kappa shape index (κ2) is 5.90. The Balaban J connectivity index is 2.26. The van der Waals surface area contributed by atoms with Crippen LogP contribution in [0.1, 0.15) is 36.5 Å². The summed E-state index contributed by atoms with van der Waals surface area (Å²) in [6.45, 7) is 2.21. The molecule has 6 heteroatoms. The number of nitrogens with one attached hydrogen (secondary N) is 2. The standard InChI is InChI=1S/C14H19N3O3/c1-9-3-4-10(7-9)16-13-6-5-11(17(19)20)8-12(13)14(18)15-2/h5-6,8-10,16H,3-4,7H2,1-2H3,(H,15,18). The molecular formula is C14H19N3O3. The fourth-order valence-corrected chi connectivity index (χ4v) is 2.65. The highest BCUT2D eigenvalue weighted by Gasteiger charge is 2.23. The van der Waals surface area contributed by atoms with Crippen molar-refractivity contribution >= 4 is 17.3 Å². The van der Waals surface area contributed by atoms with Crippen LogP contribution in [0, 0.1) is 16.0 Å². The first-order valence-electron chi connectivity index (χ1n) is 6.78. The van der Waals surface area contributed by atoms with Crippen LogP contribution < -0.4 is 10.6 Å². The number of hydrogen-bond acceptors (Lipinski definition) is 4. The molecule has 1 saturated carbocycles. The summed E-state index contributed by atoms with van der Waals surface area (Å²) in [7, 11) is 1.52. The molecule has 0 aromatic heterocycles. The number of anilines is 1. The largest absolute Gasteiger partial charge is 0.382 e. The summed E-state index contributed by atoms with van der Waals surface area (Å²) in [6.07, 6.45) is 3.29. The SMILES string of the molecule is CNC(=O)c1cc([N+](=O)[O-])ccc1NC1CCC(C)C1. The van der Waals surface area contributed by atoms with E-state index in [0.29, 0.717) is 23.2 Å². The van der Waals surface area contributed by atoms with Crippen molar-refractivity contribution in [3.8, 4) is 0 Å². The van der Waals surface area contributed by atoms with Gasteiger partial charge in [-0.3, -0.25) is 14.9 Å². The molecule has 0 bridgehead atoms. The van der Waals surface area contributed by atoms with Crippen molar-refractivity contribution in [3.05, 3.63) is 33.9 Å². The maximum Gasteiger partial charge on any atom is 0.270 e. The molecule has 2 rings (SSSR count). The van der Waals surface area contributed by atoms with Gasteiger partial charge in [0.15, 0.2) is 0 Å². The van der Waals surface area contributed by atoms with Gasteiger partial charge in [-0.1, -0.05) is 6.92 Å². The predicted octanol–water partition coefficient (Wildman–Crippen LogP) is 2.55. The topological polar surface area (TPSA) is 84.3 Å². The van der Waals surface area contributed by atoms with Gasteiger partial charge in [0.1, 0.15) is 0 Å². The molecule has 108 valence electrons. The van der Waals surface area contributed by atoms with Crippen LogP contribution in [-0.2, 0) is 0 Å². The number of amides is 1. The van der Waals surface area contributed by atoms with E-state index in [-0.39, 0.29) is 11.6 Å². The normalized spacial score (nSPS) is 21.5. The summed E-state index contributed by atoms with van der Waals surface area (Å²) in [5.74, 6) is 0.358. The van der Waals surface area contributed by atoms with Crippen molar-refractivity contribution in [1.29, 1.82) is 0 Å². The average molecular weight is 277 g/mol. The Hall–Kier alpha value is -2.11. The third kappa shape index (κ3) is 3.07. The van der Waals surface area contributed by atoms with Gasteiger partial charge in [-0.15, -0.1) is 0 Å². The lowest BCUT2D eigenvalue weighted by Crippen LogP contribution is -2.22. The number of rotatable bonds is 4. The Morgan fingerprint density at radius 1 is 1.40 bits per heavy atom. The third-order valence-corrected chi connectivity index (χ3v) is 3.74. The van der Waals surface area contributed by atoms with Gasteiger partial charge in [-0.25, -0.2) is 0 Å². The second-order valence-corrected chi connectivity index (χ2v) is 5.33. The van der Waals surface area contributed by atoms with Crippen molar-refractivity contribution < 1.29 is 9.72 Å². The van der Waals surface area contributed by atoms with E-state index in [1.54, 1.807) is 6.07 Å². The fourth-order valence-electron chi connectivity index (χ4n) is 2.65. The number of hydrogen-bond donors (Lipinski definition) is 2. The van der Waals surface area contributed by atoms with Gasteiger partial charge in [0, 0.05) is 30.9 Å². The minimum atomic E-state index is -0.492. The quantitative estimate of drug-likeness (QED) is 0.654. The molecule has 6 nitrogen and oxygen atoms in total. The van der Waals surface area contributed by atoms with Gasteiger partial charge >= 0.3 is 0 Å². The number of nitro benzene ring substituents is 1. The van der Waals surface area contributed by atoms with E-state index in [1.807, 2.05) is 0 Å². The molecule has 0 spiro atoms. The van der Waals surface area contributed by atoms with E-state index in [4.69, 9.17) is 0 Å². The van der Waals surface area contributed by atoms with Crippen molar-refractivity contribution in [1.82, 2.24) is 5.32 Å². The van der Waals surface area contributed by atoms with Gasteiger partial charge in [-0.05, 0) is 31.2 Å². The summed E-state index contributed by atoms with van der Waals surface area (Å²) >= 11 is 0. The molecule has 0 heterocycles. The Kier molecular flexibility index (Phi) is 4.22. The minimum absolute atomic E-state index is 0.0751. The fraction of sp³-hybridized carbons (Fsp3) is 0.500. The molecular weight excluding hydrogens is 258 g/mol.